The van der Waals surface area contributed by atoms with Gasteiger partial charge in [0.2, 0.25) is 0 Å². The number of hydrogen-bond acceptors (Lipinski definition) is 2. The maximum Gasteiger partial charge on any atom is 0.123 e. The van der Waals surface area contributed by atoms with Gasteiger partial charge in [0.15, 0.2) is 0 Å². The molecule has 0 amide bonds. The van der Waals surface area contributed by atoms with Crippen LogP contribution in [0.3, 0.4) is 0 Å². The zero-order chi connectivity index (χ0) is 12.8. The number of nitrogens with two attached hydrogens (primary N) is 1. The molecule has 0 aliphatic heterocycles. The van der Waals surface area contributed by atoms with E-state index >= 15 is 0 Å². The van der Waals surface area contributed by atoms with E-state index in [2.05, 4.69) is 20.8 Å². The highest BCUT2D eigenvalue weighted by molar-refractivity contribution is 8.00. The molecule has 0 heterocycles. The number of thioether (sulfide) groups is 1. The summed E-state index contributed by atoms with van der Waals surface area (Å²) in [5, 5.41) is 0.832. The normalized spacial score (nSPS) is 16.5. The highest BCUT2D eigenvalue weighted by atomic mass is 32.2. The van der Waals surface area contributed by atoms with Crippen molar-refractivity contribution in [2.24, 2.45) is 5.73 Å². The van der Waals surface area contributed by atoms with Crippen molar-refractivity contribution in [3.63, 3.8) is 0 Å². The highest BCUT2D eigenvalue weighted by Gasteiger charge is 2.21. The number of halogens is 1. The standard InChI is InChI=1S/C14H22FNS/c1-4-10(3)17-14(13(16)5-2)11-6-8-12(15)9-7-11/h6-10,13-14H,4-5,16H2,1-3H3. The summed E-state index contributed by atoms with van der Waals surface area (Å²) in [6.45, 7) is 6.48. The molecule has 0 radical (unpaired) electrons. The maximum absolute atomic E-state index is 12.9. The quantitative estimate of drug-likeness (QED) is 0.827. The van der Waals surface area contributed by atoms with E-state index in [1.165, 1.54) is 12.1 Å². The molecule has 2 N–H and O–H groups in total. The first-order valence-corrected chi connectivity index (χ1v) is 7.19. The predicted octanol–water partition coefficient (Wildman–Crippen LogP) is 4.14. The van der Waals surface area contributed by atoms with Gasteiger partial charge in [0.05, 0.1) is 0 Å². The van der Waals surface area contributed by atoms with Gasteiger partial charge in [-0.05, 0) is 30.5 Å². The third-order valence-electron chi connectivity index (χ3n) is 3.01. The molecule has 0 spiro atoms. The van der Waals surface area contributed by atoms with E-state index in [0.29, 0.717) is 5.25 Å². The second-order valence-corrected chi connectivity index (χ2v) is 5.98. The average Bonchev–Trinajstić information content (AvgIpc) is 2.36. The Labute approximate surface area is 108 Å². The van der Waals surface area contributed by atoms with E-state index in [9.17, 15) is 4.39 Å². The molecular weight excluding hydrogens is 233 g/mol. The molecular formula is C14H22FNS. The van der Waals surface area contributed by atoms with Gasteiger partial charge in [0.1, 0.15) is 5.82 Å². The Bertz CT molecular complexity index is 325. The lowest BCUT2D eigenvalue weighted by Gasteiger charge is -2.25. The Kier molecular flexibility index (Phi) is 6.00. The second kappa shape index (κ2) is 7.02. The minimum absolute atomic E-state index is 0.125. The van der Waals surface area contributed by atoms with E-state index in [-0.39, 0.29) is 17.1 Å². The molecule has 0 bridgehead atoms. The largest absolute Gasteiger partial charge is 0.326 e. The van der Waals surface area contributed by atoms with Crippen molar-refractivity contribution >= 4 is 11.8 Å². The van der Waals surface area contributed by atoms with Crippen LogP contribution < -0.4 is 5.73 Å². The number of hydrogen-bond donors (Lipinski definition) is 1. The van der Waals surface area contributed by atoms with Crippen LogP contribution in [-0.4, -0.2) is 11.3 Å². The monoisotopic (exact) mass is 255 g/mol. The minimum Gasteiger partial charge on any atom is -0.326 e. The van der Waals surface area contributed by atoms with Gasteiger partial charge in [0, 0.05) is 16.5 Å². The maximum atomic E-state index is 12.9. The predicted molar refractivity (Wildman–Crippen MR) is 74.8 cm³/mol. The molecule has 17 heavy (non-hydrogen) atoms. The lowest BCUT2D eigenvalue weighted by atomic mass is 10.0. The molecule has 0 saturated carbocycles. The molecule has 0 saturated heterocycles. The summed E-state index contributed by atoms with van der Waals surface area (Å²) in [7, 11) is 0. The van der Waals surface area contributed by atoms with Gasteiger partial charge < -0.3 is 5.73 Å². The summed E-state index contributed by atoms with van der Waals surface area (Å²) >= 11 is 1.89. The Hall–Kier alpha value is -0.540. The molecule has 3 atom stereocenters. The van der Waals surface area contributed by atoms with Gasteiger partial charge in [-0.2, -0.15) is 0 Å². The number of rotatable bonds is 6. The first-order chi connectivity index (χ1) is 8.08. The Balaban J connectivity index is 2.85. The van der Waals surface area contributed by atoms with E-state index in [0.717, 1.165) is 18.4 Å². The van der Waals surface area contributed by atoms with Crippen molar-refractivity contribution in [1.29, 1.82) is 0 Å². The summed E-state index contributed by atoms with van der Waals surface area (Å²) in [6, 6.07) is 6.86. The van der Waals surface area contributed by atoms with Crippen LogP contribution >= 0.6 is 11.8 Å². The van der Waals surface area contributed by atoms with Crippen molar-refractivity contribution in [3.05, 3.63) is 35.6 Å². The molecule has 0 aliphatic carbocycles. The van der Waals surface area contributed by atoms with Crippen LogP contribution in [0.1, 0.15) is 44.4 Å². The highest BCUT2D eigenvalue weighted by Crippen LogP contribution is 2.36. The summed E-state index contributed by atoms with van der Waals surface area (Å²) in [5.41, 5.74) is 7.31. The van der Waals surface area contributed by atoms with Crippen molar-refractivity contribution in [3.8, 4) is 0 Å². The van der Waals surface area contributed by atoms with Crippen molar-refractivity contribution in [2.45, 2.75) is 50.2 Å². The van der Waals surface area contributed by atoms with Crippen LogP contribution in [0.15, 0.2) is 24.3 Å². The van der Waals surface area contributed by atoms with Crippen molar-refractivity contribution in [2.75, 3.05) is 0 Å². The molecule has 3 heteroatoms. The van der Waals surface area contributed by atoms with Crippen LogP contribution in [0.25, 0.3) is 0 Å². The van der Waals surface area contributed by atoms with Crippen molar-refractivity contribution < 1.29 is 4.39 Å². The fourth-order valence-corrected chi connectivity index (χ4v) is 3.04. The molecule has 1 nitrogen and oxygen atoms in total. The Morgan fingerprint density at radius 3 is 2.24 bits per heavy atom. The first kappa shape index (κ1) is 14.5. The summed E-state index contributed by atoms with van der Waals surface area (Å²) in [6.07, 6.45) is 2.06. The zero-order valence-corrected chi connectivity index (χ0v) is 11.6. The number of benzene rings is 1. The molecule has 1 rings (SSSR count). The van der Waals surface area contributed by atoms with E-state index in [1.807, 2.05) is 23.9 Å². The Morgan fingerprint density at radius 1 is 1.18 bits per heavy atom. The molecule has 0 aliphatic rings. The summed E-state index contributed by atoms with van der Waals surface area (Å²) in [5.74, 6) is -0.189. The van der Waals surface area contributed by atoms with Crippen LogP contribution in [0.2, 0.25) is 0 Å². The van der Waals surface area contributed by atoms with Crippen LogP contribution in [-0.2, 0) is 0 Å². The van der Waals surface area contributed by atoms with Crippen LogP contribution in [0, 0.1) is 5.82 Å². The third kappa shape index (κ3) is 4.32. The van der Waals surface area contributed by atoms with Gasteiger partial charge in [-0.25, -0.2) is 4.39 Å². The van der Waals surface area contributed by atoms with Crippen LogP contribution in [0.4, 0.5) is 4.39 Å². The molecule has 0 fully saturated rings. The average molecular weight is 255 g/mol. The van der Waals surface area contributed by atoms with Gasteiger partial charge in [0.25, 0.3) is 0 Å². The van der Waals surface area contributed by atoms with Gasteiger partial charge in [-0.15, -0.1) is 11.8 Å². The smallest absolute Gasteiger partial charge is 0.123 e. The molecule has 3 unspecified atom stereocenters. The van der Waals surface area contributed by atoms with E-state index in [4.69, 9.17) is 5.73 Å². The SMILES string of the molecule is CCC(C)SC(c1ccc(F)cc1)C(N)CC. The fraction of sp³-hybridized carbons (Fsp3) is 0.571. The van der Waals surface area contributed by atoms with E-state index in [1.54, 1.807) is 0 Å². The molecule has 1 aromatic rings. The second-order valence-electron chi connectivity index (χ2n) is 4.40. The lowest BCUT2D eigenvalue weighted by molar-refractivity contribution is 0.616. The lowest BCUT2D eigenvalue weighted by Crippen LogP contribution is -2.26. The van der Waals surface area contributed by atoms with Crippen molar-refractivity contribution in [1.82, 2.24) is 0 Å². The third-order valence-corrected chi connectivity index (χ3v) is 4.73. The van der Waals surface area contributed by atoms with Gasteiger partial charge in [-0.3, -0.25) is 0 Å². The van der Waals surface area contributed by atoms with Gasteiger partial charge in [-0.1, -0.05) is 32.9 Å². The minimum atomic E-state index is -0.189. The summed E-state index contributed by atoms with van der Waals surface area (Å²) in [4.78, 5) is 0. The topological polar surface area (TPSA) is 26.0 Å². The summed E-state index contributed by atoms with van der Waals surface area (Å²) < 4.78 is 12.9. The van der Waals surface area contributed by atoms with E-state index < -0.39 is 0 Å². The molecule has 1 aromatic carbocycles. The van der Waals surface area contributed by atoms with Gasteiger partial charge >= 0.3 is 0 Å². The zero-order valence-electron chi connectivity index (χ0n) is 10.8. The molecule has 0 aromatic heterocycles. The first-order valence-electron chi connectivity index (χ1n) is 6.25. The fourth-order valence-electron chi connectivity index (χ4n) is 1.64. The molecule has 96 valence electrons. The Morgan fingerprint density at radius 2 is 1.76 bits per heavy atom. The van der Waals surface area contributed by atoms with Crippen LogP contribution in [0.5, 0.6) is 0 Å².